The normalized spacial score (nSPS) is 14.4. The first-order valence-electron chi connectivity index (χ1n) is 10.5. The molecular weight excluding hydrogens is 455 g/mol. The Kier molecular flexibility index (Phi) is 5.62. The number of hydrogen-bond donors (Lipinski definition) is 0. The van der Waals surface area contributed by atoms with Crippen LogP contribution < -0.4 is 14.7 Å². The van der Waals surface area contributed by atoms with E-state index in [0.717, 1.165) is 0 Å². The first-order chi connectivity index (χ1) is 16.5. The number of aromatic nitrogens is 3. The number of carbonyl (C=O) groups excluding carboxylic acids is 1. The van der Waals surface area contributed by atoms with Gasteiger partial charge in [-0.3, -0.25) is 4.79 Å². The molecular formula is C25H19FN4O3S. The molecule has 1 amide bonds. The molecule has 2 aromatic carbocycles. The summed E-state index contributed by atoms with van der Waals surface area (Å²) in [5, 5.41) is 18.0. The highest BCUT2D eigenvalue weighted by Crippen LogP contribution is 2.41. The van der Waals surface area contributed by atoms with Crippen LogP contribution in [0.5, 0.6) is 5.88 Å². The Morgan fingerprint density at radius 2 is 2.00 bits per heavy atom. The summed E-state index contributed by atoms with van der Waals surface area (Å²) in [6.45, 7) is 5.15. The first kappa shape index (κ1) is 21.8. The lowest BCUT2D eigenvalue weighted by Crippen LogP contribution is -2.58. The second-order valence-corrected chi connectivity index (χ2v) is 8.57. The number of halogens is 1. The number of para-hydroxylation sites is 1. The topological polar surface area (TPSA) is 86.2 Å². The predicted molar refractivity (Wildman–Crippen MR) is 123 cm³/mol. The molecule has 9 heteroatoms. The molecule has 0 aliphatic carbocycles. The number of furan rings is 1. The molecule has 1 aliphatic rings. The lowest BCUT2D eigenvalue weighted by atomic mass is 10.0. The van der Waals surface area contributed by atoms with Crippen molar-refractivity contribution in [3.63, 3.8) is 0 Å². The number of carbonyl (C=O) groups is 1. The Morgan fingerprint density at radius 3 is 2.74 bits per heavy atom. The summed E-state index contributed by atoms with van der Waals surface area (Å²) < 4.78 is 21.0. The molecule has 0 bridgehead atoms. The maximum atomic E-state index is 13.4. The monoisotopic (exact) mass is 474 g/mol. The minimum Gasteiger partial charge on any atom is -0.854 e. The van der Waals surface area contributed by atoms with Gasteiger partial charge in [0.15, 0.2) is 5.76 Å². The van der Waals surface area contributed by atoms with Gasteiger partial charge in [-0.25, -0.2) is 14.3 Å². The summed E-state index contributed by atoms with van der Waals surface area (Å²) in [6, 6.07) is 16.5. The maximum absolute atomic E-state index is 13.4. The van der Waals surface area contributed by atoms with E-state index in [4.69, 9.17) is 4.42 Å². The summed E-state index contributed by atoms with van der Waals surface area (Å²) in [6.07, 6.45) is 0.842. The standard InChI is InChI=1S/C25H19FN4O3S/c1-3-14-34-25-27-23(32)22-18-6-4-5-7-19(18)29(15(2)31)24(30(22)28-25)21-13-12-20(33-21)16-8-10-17(26)11-9-16/h3-13,24H,1,14H2,2H3. The van der Waals surface area contributed by atoms with Gasteiger partial charge in [0.05, 0.1) is 17.1 Å². The highest BCUT2D eigenvalue weighted by molar-refractivity contribution is 7.99. The van der Waals surface area contributed by atoms with Crippen LogP contribution in [0.3, 0.4) is 0 Å². The van der Waals surface area contributed by atoms with Gasteiger partial charge in [0.1, 0.15) is 11.6 Å². The number of thioether (sulfide) groups is 1. The van der Waals surface area contributed by atoms with Gasteiger partial charge in [0.25, 0.3) is 10.9 Å². The second-order valence-electron chi connectivity index (χ2n) is 7.58. The number of amides is 1. The van der Waals surface area contributed by atoms with Gasteiger partial charge in [-0.1, -0.05) is 30.0 Å². The van der Waals surface area contributed by atoms with E-state index >= 15 is 0 Å². The lowest BCUT2D eigenvalue weighted by Gasteiger charge is -2.31. The number of fused-ring (bicyclic) bond motifs is 3. The third-order valence-electron chi connectivity index (χ3n) is 5.40. The van der Waals surface area contributed by atoms with E-state index in [0.29, 0.717) is 34.1 Å². The molecule has 5 rings (SSSR count). The Bertz CT molecular complexity index is 1400. The van der Waals surface area contributed by atoms with Crippen LogP contribution in [0.15, 0.2) is 82.9 Å². The Labute approximate surface area is 199 Å². The number of benzene rings is 2. The predicted octanol–water partition coefficient (Wildman–Crippen LogP) is 4.10. The fraction of sp³-hybridized carbons (Fsp3) is 0.120. The number of hydrogen-bond acceptors (Lipinski definition) is 6. The molecule has 4 aromatic rings. The van der Waals surface area contributed by atoms with E-state index in [1.807, 2.05) is 0 Å². The Morgan fingerprint density at radius 1 is 1.24 bits per heavy atom. The van der Waals surface area contributed by atoms with Gasteiger partial charge in [-0.2, -0.15) is 0 Å². The number of nitrogens with zero attached hydrogens (tertiary/aromatic N) is 4. The third-order valence-corrected chi connectivity index (χ3v) is 6.23. The maximum Gasteiger partial charge on any atom is 0.325 e. The summed E-state index contributed by atoms with van der Waals surface area (Å²) in [5.74, 6) is 0.363. The van der Waals surface area contributed by atoms with Crippen LogP contribution in [0.4, 0.5) is 10.1 Å². The van der Waals surface area contributed by atoms with Crippen molar-refractivity contribution in [2.45, 2.75) is 18.2 Å². The van der Waals surface area contributed by atoms with Gasteiger partial charge in [0, 0.05) is 23.3 Å². The van der Waals surface area contributed by atoms with Crippen LogP contribution in [-0.2, 0) is 4.79 Å². The van der Waals surface area contributed by atoms with Gasteiger partial charge in [-0.05, 0) is 53.2 Å². The SMILES string of the molecule is C=CCSc1nc([O-])c2[n+](n1)C(c1ccc(-c3ccc(F)cc3)o1)N(C(C)=O)c1ccccc1-2. The van der Waals surface area contributed by atoms with Crippen molar-refractivity contribution in [2.24, 2.45) is 0 Å². The van der Waals surface area contributed by atoms with Crippen molar-refractivity contribution < 1.29 is 23.4 Å². The van der Waals surface area contributed by atoms with E-state index in [-0.39, 0.29) is 22.6 Å². The summed E-state index contributed by atoms with van der Waals surface area (Å²) in [4.78, 5) is 18.6. The molecule has 0 radical (unpaired) electrons. The summed E-state index contributed by atoms with van der Waals surface area (Å²) >= 11 is 1.27. The first-order valence-corrected chi connectivity index (χ1v) is 11.5. The zero-order valence-electron chi connectivity index (χ0n) is 18.1. The van der Waals surface area contributed by atoms with Gasteiger partial charge < -0.3 is 9.52 Å². The molecule has 0 N–H and O–H groups in total. The van der Waals surface area contributed by atoms with Crippen LogP contribution in [0.2, 0.25) is 0 Å². The zero-order valence-corrected chi connectivity index (χ0v) is 19.0. The van der Waals surface area contributed by atoms with Crippen LogP contribution >= 0.6 is 11.8 Å². The van der Waals surface area contributed by atoms with Crippen molar-refractivity contribution in [1.29, 1.82) is 0 Å². The van der Waals surface area contributed by atoms with E-state index in [1.54, 1.807) is 59.5 Å². The van der Waals surface area contributed by atoms with Gasteiger partial charge in [0.2, 0.25) is 5.91 Å². The van der Waals surface area contributed by atoms with Gasteiger partial charge >= 0.3 is 6.17 Å². The van der Waals surface area contributed by atoms with Crippen LogP contribution in [0.1, 0.15) is 18.8 Å². The largest absolute Gasteiger partial charge is 0.854 e. The van der Waals surface area contributed by atoms with Crippen molar-refractivity contribution >= 4 is 23.4 Å². The lowest BCUT2D eigenvalue weighted by molar-refractivity contribution is -0.765. The zero-order chi connectivity index (χ0) is 23.8. The second kappa shape index (κ2) is 8.75. The molecule has 0 saturated carbocycles. The Balaban J connectivity index is 1.71. The quantitative estimate of drug-likeness (QED) is 0.246. The molecule has 0 saturated heterocycles. The third kappa shape index (κ3) is 3.73. The summed E-state index contributed by atoms with van der Waals surface area (Å²) in [7, 11) is 0. The Hall–Kier alpha value is -3.98. The van der Waals surface area contributed by atoms with Crippen molar-refractivity contribution in [3.05, 3.63) is 84.9 Å². The van der Waals surface area contributed by atoms with E-state index < -0.39 is 12.0 Å². The minimum absolute atomic E-state index is 0.248. The van der Waals surface area contributed by atoms with Crippen LogP contribution in [0, 0.1) is 5.82 Å². The average Bonchev–Trinajstić information content (AvgIpc) is 3.31. The minimum atomic E-state index is -0.852. The van der Waals surface area contributed by atoms with E-state index in [2.05, 4.69) is 16.7 Å². The highest BCUT2D eigenvalue weighted by atomic mass is 32.2. The van der Waals surface area contributed by atoms with Gasteiger partial charge in [-0.15, -0.1) is 6.58 Å². The van der Waals surface area contributed by atoms with Crippen LogP contribution in [0.25, 0.3) is 22.6 Å². The molecule has 0 spiro atoms. The molecule has 1 unspecified atom stereocenters. The van der Waals surface area contributed by atoms with Crippen molar-refractivity contribution in [2.75, 3.05) is 10.7 Å². The molecule has 1 atom stereocenters. The average molecular weight is 475 g/mol. The molecule has 1 aliphatic heterocycles. The number of rotatable bonds is 5. The van der Waals surface area contributed by atoms with E-state index in [1.165, 1.54) is 35.5 Å². The molecule has 2 aromatic heterocycles. The fourth-order valence-electron chi connectivity index (χ4n) is 3.99. The van der Waals surface area contributed by atoms with Crippen molar-refractivity contribution in [3.8, 4) is 28.5 Å². The molecule has 34 heavy (non-hydrogen) atoms. The fourth-order valence-corrected chi connectivity index (χ4v) is 4.55. The summed E-state index contributed by atoms with van der Waals surface area (Å²) in [5.41, 5.74) is 2.06. The highest BCUT2D eigenvalue weighted by Gasteiger charge is 2.45. The van der Waals surface area contributed by atoms with Crippen molar-refractivity contribution in [1.82, 2.24) is 10.1 Å². The molecule has 3 heterocycles. The number of anilines is 1. The van der Waals surface area contributed by atoms with E-state index in [9.17, 15) is 14.3 Å². The molecule has 7 nitrogen and oxygen atoms in total. The molecule has 0 fully saturated rings. The molecule has 170 valence electrons. The smallest absolute Gasteiger partial charge is 0.325 e. The van der Waals surface area contributed by atoms with Crippen LogP contribution in [-0.4, -0.2) is 21.7 Å².